The monoisotopic (exact) mass is 257 g/mol. The Labute approximate surface area is 101 Å². The number of rotatable bonds is 5. The van der Waals surface area contributed by atoms with Gasteiger partial charge in [0.05, 0.1) is 18.6 Å². The maximum atomic E-state index is 11.7. The molecule has 0 aliphatic carbocycles. The van der Waals surface area contributed by atoms with Gasteiger partial charge in [-0.2, -0.15) is 0 Å². The van der Waals surface area contributed by atoms with Crippen molar-refractivity contribution in [3.63, 3.8) is 0 Å². The standard InChI is InChI=1S/C11H15NO4S/c1-12-7-10(13)9-5-4-8(16-2)6-11(9)17(3,14)15/h4-6,12H,7H2,1-3H3. The molecule has 0 aliphatic rings. The van der Waals surface area contributed by atoms with Crippen molar-refractivity contribution in [3.8, 4) is 5.75 Å². The molecule has 0 atom stereocenters. The number of carbonyl (C=O) groups is 1. The molecule has 17 heavy (non-hydrogen) atoms. The second kappa shape index (κ2) is 5.29. The van der Waals surface area contributed by atoms with Crippen molar-refractivity contribution in [1.29, 1.82) is 0 Å². The van der Waals surface area contributed by atoms with E-state index in [1.807, 2.05) is 0 Å². The first-order valence-electron chi connectivity index (χ1n) is 4.96. The summed E-state index contributed by atoms with van der Waals surface area (Å²) in [6, 6.07) is 4.39. The van der Waals surface area contributed by atoms with E-state index in [1.165, 1.54) is 19.2 Å². The minimum Gasteiger partial charge on any atom is -0.497 e. The van der Waals surface area contributed by atoms with Crippen LogP contribution in [0.15, 0.2) is 23.1 Å². The average molecular weight is 257 g/mol. The molecule has 5 nitrogen and oxygen atoms in total. The normalized spacial score (nSPS) is 11.2. The average Bonchev–Trinajstić information content (AvgIpc) is 2.27. The minimum absolute atomic E-state index is 0.00269. The number of methoxy groups -OCH3 is 1. The highest BCUT2D eigenvalue weighted by Crippen LogP contribution is 2.22. The highest BCUT2D eigenvalue weighted by molar-refractivity contribution is 7.90. The molecule has 0 bridgehead atoms. The molecule has 0 amide bonds. The van der Waals surface area contributed by atoms with Crippen molar-refractivity contribution in [1.82, 2.24) is 5.32 Å². The summed E-state index contributed by atoms with van der Waals surface area (Å²) in [4.78, 5) is 11.7. The molecule has 0 unspecified atom stereocenters. The Hall–Kier alpha value is -1.40. The van der Waals surface area contributed by atoms with Gasteiger partial charge < -0.3 is 10.1 Å². The number of Topliss-reactive ketones (excluding diaryl/α,β-unsaturated/α-hetero) is 1. The lowest BCUT2D eigenvalue weighted by atomic mass is 10.1. The molecular formula is C11H15NO4S. The quantitative estimate of drug-likeness (QED) is 0.778. The molecule has 0 saturated carbocycles. The van der Waals surface area contributed by atoms with E-state index in [2.05, 4.69) is 5.32 Å². The summed E-state index contributed by atoms with van der Waals surface area (Å²) in [7, 11) is -0.391. The number of ether oxygens (including phenoxy) is 1. The minimum atomic E-state index is -3.46. The molecule has 1 aromatic carbocycles. The van der Waals surface area contributed by atoms with E-state index < -0.39 is 9.84 Å². The lowest BCUT2D eigenvalue weighted by molar-refractivity contribution is 0.0990. The van der Waals surface area contributed by atoms with Crippen LogP contribution < -0.4 is 10.1 Å². The molecule has 0 aromatic heterocycles. The molecule has 94 valence electrons. The van der Waals surface area contributed by atoms with Crippen LogP contribution in [0.3, 0.4) is 0 Å². The van der Waals surface area contributed by atoms with Crippen molar-refractivity contribution in [2.24, 2.45) is 0 Å². The van der Waals surface area contributed by atoms with E-state index in [9.17, 15) is 13.2 Å². The van der Waals surface area contributed by atoms with E-state index in [0.29, 0.717) is 5.75 Å². The number of carbonyl (C=O) groups excluding carboxylic acids is 1. The van der Waals surface area contributed by atoms with Crippen molar-refractivity contribution >= 4 is 15.6 Å². The van der Waals surface area contributed by atoms with Crippen molar-refractivity contribution in [2.75, 3.05) is 27.0 Å². The number of nitrogens with one attached hydrogen (secondary N) is 1. The number of benzene rings is 1. The van der Waals surface area contributed by atoms with Crippen LogP contribution in [-0.4, -0.2) is 41.2 Å². The van der Waals surface area contributed by atoms with Gasteiger partial charge >= 0.3 is 0 Å². The van der Waals surface area contributed by atoms with Crippen molar-refractivity contribution in [2.45, 2.75) is 4.90 Å². The zero-order valence-electron chi connectivity index (χ0n) is 9.98. The third-order valence-corrected chi connectivity index (χ3v) is 3.36. The summed E-state index contributed by atoms with van der Waals surface area (Å²) >= 11 is 0. The first-order chi connectivity index (χ1) is 7.90. The SMILES string of the molecule is CNCC(=O)c1ccc(OC)cc1S(C)(=O)=O. The largest absolute Gasteiger partial charge is 0.497 e. The predicted molar refractivity (Wildman–Crippen MR) is 64.4 cm³/mol. The Balaban J connectivity index is 3.35. The molecule has 1 rings (SSSR count). The molecule has 0 fully saturated rings. The third-order valence-electron chi connectivity index (χ3n) is 2.23. The number of hydrogen-bond donors (Lipinski definition) is 1. The van der Waals surface area contributed by atoms with Crippen LogP contribution in [0.1, 0.15) is 10.4 Å². The van der Waals surface area contributed by atoms with Gasteiger partial charge in [0.2, 0.25) is 0 Å². The van der Waals surface area contributed by atoms with Crippen LogP contribution in [0.4, 0.5) is 0 Å². The highest BCUT2D eigenvalue weighted by atomic mass is 32.2. The van der Waals surface area contributed by atoms with Crippen molar-refractivity contribution in [3.05, 3.63) is 23.8 Å². The molecular weight excluding hydrogens is 242 g/mol. The molecule has 0 saturated heterocycles. The topological polar surface area (TPSA) is 72.5 Å². The molecule has 1 aromatic rings. The van der Waals surface area contributed by atoms with Gasteiger partial charge in [0, 0.05) is 11.8 Å². The predicted octanol–water partition coefficient (Wildman–Crippen LogP) is 0.501. The first kappa shape index (κ1) is 13.7. The van der Waals surface area contributed by atoms with Crippen LogP contribution in [0.2, 0.25) is 0 Å². The summed E-state index contributed by atoms with van der Waals surface area (Å²) in [5.74, 6) is 0.141. The van der Waals surface area contributed by atoms with E-state index >= 15 is 0 Å². The van der Waals surface area contributed by atoms with Crippen LogP contribution in [0, 0.1) is 0 Å². The third kappa shape index (κ3) is 3.28. The van der Waals surface area contributed by atoms with Gasteiger partial charge in [0.15, 0.2) is 15.6 Å². The van der Waals surface area contributed by atoms with Crippen LogP contribution in [0.5, 0.6) is 5.75 Å². The van der Waals surface area contributed by atoms with Gasteiger partial charge in [-0.1, -0.05) is 0 Å². The Morgan fingerprint density at radius 3 is 2.53 bits per heavy atom. The van der Waals surface area contributed by atoms with Crippen LogP contribution >= 0.6 is 0 Å². The fraction of sp³-hybridized carbons (Fsp3) is 0.364. The van der Waals surface area contributed by atoms with E-state index in [4.69, 9.17) is 4.74 Å². The summed E-state index contributed by atoms with van der Waals surface area (Å²) in [5, 5.41) is 2.70. The molecule has 0 radical (unpaired) electrons. The highest BCUT2D eigenvalue weighted by Gasteiger charge is 2.19. The smallest absolute Gasteiger partial charge is 0.177 e. The van der Waals surface area contributed by atoms with Gasteiger partial charge in [-0.15, -0.1) is 0 Å². The van der Waals surface area contributed by atoms with Gasteiger partial charge in [-0.25, -0.2) is 8.42 Å². The summed E-state index contributed by atoms with van der Waals surface area (Å²) < 4.78 is 28.2. The second-order valence-corrected chi connectivity index (χ2v) is 5.57. The van der Waals surface area contributed by atoms with E-state index in [1.54, 1.807) is 13.1 Å². The Morgan fingerprint density at radius 1 is 1.41 bits per heavy atom. The zero-order chi connectivity index (χ0) is 13.1. The van der Waals surface area contributed by atoms with Crippen LogP contribution in [0.25, 0.3) is 0 Å². The summed E-state index contributed by atoms with van der Waals surface area (Å²) in [6.07, 6.45) is 1.07. The molecule has 6 heteroatoms. The number of sulfone groups is 1. The van der Waals surface area contributed by atoms with Crippen molar-refractivity contribution < 1.29 is 17.9 Å². The zero-order valence-corrected chi connectivity index (χ0v) is 10.8. The van der Waals surface area contributed by atoms with Gasteiger partial charge in [0.1, 0.15) is 5.75 Å². The molecule has 0 heterocycles. The summed E-state index contributed by atoms with van der Waals surface area (Å²) in [5.41, 5.74) is 0.183. The lowest BCUT2D eigenvalue weighted by Crippen LogP contribution is -2.20. The summed E-state index contributed by atoms with van der Waals surface area (Å²) in [6.45, 7) is 0.0921. The second-order valence-electron chi connectivity index (χ2n) is 3.59. The Bertz CT molecular complexity index is 522. The molecule has 0 aliphatic heterocycles. The van der Waals surface area contributed by atoms with Crippen LogP contribution in [-0.2, 0) is 9.84 Å². The lowest BCUT2D eigenvalue weighted by Gasteiger charge is -2.09. The molecule has 0 spiro atoms. The maximum Gasteiger partial charge on any atom is 0.177 e. The van der Waals surface area contributed by atoms with E-state index in [-0.39, 0.29) is 22.8 Å². The first-order valence-corrected chi connectivity index (χ1v) is 6.85. The maximum absolute atomic E-state index is 11.7. The Morgan fingerprint density at radius 2 is 2.06 bits per heavy atom. The van der Waals surface area contributed by atoms with Gasteiger partial charge in [0.25, 0.3) is 0 Å². The Kier molecular flexibility index (Phi) is 4.25. The number of likely N-dealkylation sites (N-methyl/N-ethyl adjacent to an activating group) is 1. The number of ketones is 1. The van der Waals surface area contributed by atoms with E-state index in [0.717, 1.165) is 6.26 Å². The fourth-order valence-corrected chi connectivity index (χ4v) is 2.33. The van der Waals surface area contributed by atoms with Gasteiger partial charge in [-0.05, 0) is 25.2 Å². The molecule has 1 N–H and O–H groups in total. The fourth-order valence-electron chi connectivity index (χ4n) is 1.42. The number of hydrogen-bond acceptors (Lipinski definition) is 5. The van der Waals surface area contributed by atoms with Gasteiger partial charge in [-0.3, -0.25) is 4.79 Å².